The number of rotatable bonds is 6. The summed E-state index contributed by atoms with van der Waals surface area (Å²) in [7, 11) is 0. The van der Waals surface area contributed by atoms with Crippen LogP contribution in [0.25, 0.3) is 27.8 Å². The molecule has 0 fully saturated rings. The van der Waals surface area contributed by atoms with Crippen LogP contribution < -0.4 is 0 Å². The first-order valence-electron chi connectivity index (χ1n) is 17.7. The molecule has 0 radical (unpaired) electrons. The molecule has 244 valence electrons. The third-order valence-corrected chi connectivity index (χ3v) is 11.2. The molecule has 2 nitrogen and oxygen atoms in total. The second kappa shape index (κ2) is 13.0. The highest BCUT2D eigenvalue weighted by atomic mass is 14.6. The van der Waals surface area contributed by atoms with Crippen LogP contribution in [0, 0.1) is 17.3 Å². The van der Waals surface area contributed by atoms with E-state index in [1.54, 1.807) is 0 Å². The molecule has 2 aromatic carbocycles. The van der Waals surface area contributed by atoms with Crippen molar-refractivity contribution in [2.24, 2.45) is 17.3 Å². The van der Waals surface area contributed by atoms with E-state index in [-0.39, 0.29) is 11.3 Å². The maximum Gasteiger partial charge on any atom is 0.0273 e. The Bertz CT molecular complexity index is 2250. The normalized spacial score (nSPS) is 24.2. The van der Waals surface area contributed by atoms with E-state index in [0.717, 1.165) is 0 Å². The van der Waals surface area contributed by atoms with Crippen molar-refractivity contribution in [1.82, 2.24) is 9.97 Å². The summed E-state index contributed by atoms with van der Waals surface area (Å²) in [5.41, 5.74) is 16.6. The average Bonchev–Trinajstić information content (AvgIpc) is 3.17. The van der Waals surface area contributed by atoms with Crippen molar-refractivity contribution in [2.45, 2.75) is 33.6 Å². The van der Waals surface area contributed by atoms with Gasteiger partial charge in [-0.25, -0.2) is 0 Å². The maximum atomic E-state index is 4.31. The first-order valence-corrected chi connectivity index (χ1v) is 17.7. The molecule has 0 spiro atoms. The monoisotopic (exact) mass is 646 g/mol. The number of benzene rings is 2. The Balaban J connectivity index is 1.23. The van der Waals surface area contributed by atoms with Crippen LogP contribution in [-0.2, 0) is 0 Å². The molecule has 4 aliphatic carbocycles. The lowest BCUT2D eigenvalue weighted by Gasteiger charge is -2.44. The summed E-state index contributed by atoms with van der Waals surface area (Å²) in [5.74, 6) is 0.845. The maximum absolute atomic E-state index is 4.31. The van der Waals surface area contributed by atoms with Crippen LogP contribution in [0.3, 0.4) is 0 Å². The molecule has 4 aliphatic rings. The summed E-state index contributed by atoms with van der Waals surface area (Å²) in [6.07, 6.45) is 33.2. The molecular formula is C48H42N2. The summed E-state index contributed by atoms with van der Waals surface area (Å²) in [5, 5.41) is 0. The van der Waals surface area contributed by atoms with Crippen molar-refractivity contribution in [3.63, 3.8) is 0 Å². The summed E-state index contributed by atoms with van der Waals surface area (Å²) in [6, 6.07) is 26.5. The molecule has 0 saturated heterocycles. The van der Waals surface area contributed by atoms with E-state index >= 15 is 0 Å². The highest BCUT2D eigenvalue weighted by molar-refractivity contribution is 5.93. The minimum absolute atomic E-state index is 0.104. The van der Waals surface area contributed by atoms with Crippen LogP contribution in [0.15, 0.2) is 187 Å². The predicted molar refractivity (Wildman–Crippen MR) is 210 cm³/mol. The first kappa shape index (κ1) is 31.7. The Kier molecular flexibility index (Phi) is 8.25. The van der Waals surface area contributed by atoms with Gasteiger partial charge >= 0.3 is 0 Å². The fourth-order valence-electron chi connectivity index (χ4n) is 8.45. The van der Waals surface area contributed by atoms with Gasteiger partial charge in [0.2, 0.25) is 0 Å². The summed E-state index contributed by atoms with van der Waals surface area (Å²) in [4.78, 5) is 8.62. The van der Waals surface area contributed by atoms with Gasteiger partial charge in [0.15, 0.2) is 0 Å². The molecule has 2 aromatic heterocycles. The molecule has 0 bridgehead atoms. The molecule has 0 N–H and O–H groups in total. The number of nitrogens with zero attached hydrogens (tertiary/aromatic N) is 2. The van der Waals surface area contributed by atoms with Crippen LogP contribution in [0.2, 0.25) is 0 Å². The summed E-state index contributed by atoms with van der Waals surface area (Å²) >= 11 is 0. The van der Waals surface area contributed by atoms with Crippen LogP contribution in [0.4, 0.5) is 0 Å². The van der Waals surface area contributed by atoms with E-state index in [4.69, 9.17) is 0 Å². The van der Waals surface area contributed by atoms with Crippen molar-refractivity contribution < 1.29 is 0 Å². The minimum atomic E-state index is -0.104. The SMILES string of the molecule is C/C=C\C1=C2C=C(c3cccc(-c4ccccc4C4=CC(c5ccncc5)C(C)C(c5ccncc5)=C4)c3)C=C[C@@]2(C)C2C=CC=CC2=C1C. The lowest BCUT2D eigenvalue weighted by Crippen LogP contribution is -2.33. The zero-order valence-corrected chi connectivity index (χ0v) is 29.2. The molecule has 0 aliphatic heterocycles. The smallest absolute Gasteiger partial charge is 0.0273 e. The van der Waals surface area contributed by atoms with Crippen molar-refractivity contribution in [2.75, 3.05) is 0 Å². The fraction of sp³-hybridized carbons (Fsp3) is 0.167. The van der Waals surface area contributed by atoms with Gasteiger partial charge in [0.25, 0.3) is 0 Å². The predicted octanol–water partition coefficient (Wildman–Crippen LogP) is 11.9. The molecule has 3 unspecified atom stereocenters. The quantitative estimate of drug-likeness (QED) is 0.208. The van der Waals surface area contributed by atoms with Crippen LogP contribution in [0.1, 0.15) is 55.9 Å². The number of allylic oxidation sites excluding steroid dienone is 18. The second-order valence-corrected chi connectivity index (χ2v) is 14.0. The lowest BCUT2D eigenvalue weighted by atomic mass is 9.59. The van der Waals surface area contributed by atoms with Gasteiger partial charge in [-0.2, -0.15) is 0 Å². The van der Waals surface area contributed by atoms with E-state index in [9.17, 15) is 0 Å². The Morgan fingerprint density at radius 1 is 0.740 bits per heavy atom. The fourth-order valence-corrected chi connectivity index (χ4v) is 8.45. The zero-order chi connectivity index (χ0) is 34.2. The van der Waals surface area contributed by atoms with E-state index in [1.807, 2.05) is 24.8 Å². The van der Waals surface area contributed by atoms with Gasteiger partial charge < -0.3 is 0 Å². The molecule has 4 aromatic rings. The van der Waals surface area contributed by atoms with Gasteiger partial charge in [-0.05, 0) is 129 Å². The van der Waals surface area contributed by atoms with Crippen LogP contribution >= 0.6 is 0 Å². The van der Waals surface area contributed by atoms with Crippen molar-refractivity contribution >= 4 is 16.7 Å². The van der Waals surface area contributed by atoms with E-state index < -0.39 is 0 Å². The van der Waals surface area contributed by atoms with Gasteiger partial charge in [0, 0.05) is 42.0 Å². The topological polar surface area (TPSA) is 25.8 Å². The average molecular weight is 647 g/mol. The molecule has 4 atom stereocenters. The van der Waals surface area contributed by atoms with E-state index in [2.05, 4.69) is 177 Å². The molecule has 0 amide bonds. The van der Waals surface area contributed by atoms with Gasteiger partial charge in [-0.3, -0.25) is 9.97 Å². The van der Waals surface area contributed by atoms with Crippen molar-refractivity contribution in [3.8, 4) is 11.1 Å². The molecule has 8 rings (SSSR count). The Morgan fingerprint density at radius 2 is 1.48 bits per heavy atom. The largest absolute Gasteiger partial charge is 0.265 e. The first-order chi connectivity index (χ1) is 24.5. The molecule has 2 heteroatoms. The molecule has 50 heavy (non-hydrogen) atoms. The minimum Gasteiger partial charge on any atom is -0.265 e. The third-order valence-electron chi connectivity index (χ3n) is 11.2. The number of pyridine rings is 2. The number of hydrogen-bond donors (Lipinski definition) is 0. The van der Waals surface area contributed by atoms with Crippen molar-refractivity contribution in [1.29, 1.82) is 0 Å². The second-order valence-electron chi connectivity index (χ2n) is 14.0. The van der Waals surface area contributed by atoms with Crippen LogP contribution in [0.5, 0.6) is 0 Å². The Morgan fingerprint density at radius 3 is 2.26 bits per heavy atom. The van der Waals surface area contributed by atoms with Gasteiger partial charge in [0.05, 0.1) is 0 Å². The highest BCUT2D eigenvalue weighted by Crippen LogP contribution is 2.54. The van der Waals surface area contributed by atoms with Gasteiger partial charge in [-0.1, -0.05) is 117 Å². The molecule has 2 heterocycles. The molecular weight excluding hydrogens is 605 g/mol. The summed E-state index contributed by atoms with van der Waals surface area (Å²) < 4.78 is 0. The summed E-state index contributed by atoms with van der Waals surface area (Å²) in [6.45, 7) is 9.13. The van der Waals surface area contributed by atoms with Gasteiger partial charge in [0.1, 0.15) is 0 Å². The van der Waals surface area contributed by atoms with Gasteiger partial charge in [-0.15, -0.1) is 0 Å². The number of fused-ring (bicyclic) bond motifs is 3. The third kappa shape index (κ3) is 5.46. The number of hydrogen-bond acceptors (Lipinski definition) is 2. The highest BCUT2D eigenvalue weighted by Gasteiger charge is 2.42. The van der Waals surface area contributed by atoms with E-state index in [0.29, 0.717) is 11.8 Å². The molecule has 0 saturated carbocycles. The Hall–Kier alpha value is -5.60. The van der Waals surface area contributed by atoms with Crippen LogP contribution in [-0.4, -0.2) is 9.97 Å². The standard InChI is InChI=1S/C48H42N2/c1-5-11-40-32(2)41-14-8-9-17-46(41)48(4)23-18-37(31-47(40)48)36-12-10-13-38(28-36)42-15-6-7-16-43(42)39-29-44(34-19-24-49-25-20-34)33(3)45(30-39)35-21-26-50-27-22-35/h5-31,33,44,46H,1-4H3/b11-5-/t33?,44?,46?,48-/m0/s1. The Labute approximate surface area is 296 Å². The zero-order valence-electron chi connectivity index (χ0n) is 29.2. The van der Waals surface area contributed by atoms with E-state index in [1.165, 1.54) is 72.4 Å². The lowest BCUT2D eigenvalue weighted by molar-refractivity contribution is 0.414. The van der Waals surface area contributed by atoms with Crippen molar-refractivity contribution in [3.05, 3.63) is 209 Å². The number of aromatic nitrogens is 2.